The van der Waals surface area contributed by atoms with Gasteiger partial charge in [-0.25, -0.2) is 0 Å². The van der Waals surface area contributed by atoms with E-state index in [0.717, 1.165) is 5.56 Å². The van der Waals surface area contributed by atoms with Gasteiger partial charge in [0.1, 0.15) is 0 Å². The van der Waals surface area contributed by atoms with Crippen LogP contribution in [0.1, 0.15) is 5.56 Å². The minimum Gasteiger partial charge on any atom is -0.394 e. The number of hydrogen-bond donors (Lipinski definition) is 1. The van der Waals surface area contributed by atoms with Crippen LogP contribution in [-0.4, -0.2) is 5.11 Å². The van der Waals surface area contributed by atoms with Gasteiger partial charge in [0.15, 0.2) is 0 Å². The molecule has 0 saturated carbocycles. The normalized spacial score (nSPS) is 8.11. The molecule has 0 amide bonds. The first-order chi connectivity index (χ1) is 3.93. The van der Waals surface area contributed by atoms with Crippen LogP contribution in [0.15, 0.2) is 24.3 Å². The molecule has 0 unspecified atom stereocenters. The summed E-state index contributed by atoms with van der Waals surface area (Å²) in [6, 6.07) is 10.1. The third-order valence-electron chi connectivity index (χ3n) is 0.970. The number of rotatable bonds is 1. The second kappa shape index (κ2) is 3.22. The summed E-state index contributed by atoms with van der Waals surface area (Å²) in [5, 5.41) is 8.52. The molecule has 1 rings (SSSR count). The van der Waals surface area contributed by atoms with Crippen molar-refractivity contribution in [3.8, 4) is 0 Å². The fraction of sp³-hybridized carbons (Fsp3) is 0.143. The van der Waals surface area contributed by atoms with Crippen molar-refractivity contribution in [3.63, 3.8) is 0 Å². The van der Waals surface area contributed by atoms with Crippen LogP contribution < -0.4 is 0 Å². The zero-order valence-corrected chi connectivity index (χ0v) is 6.96. The molecule has 9 heavy (non-hydrogen) atoms. The minimum absolute atomic E-state index is 0. The molecule has 1 aromatic carbocycles. The van der Waals surface area contributed by atoms with E-state index >= 15 is 0 Å². The molecule has 1 nitrogen and oxygen atoms in total. The van der Waals surface area contributed by atoms with E-state index in [0.29, 0.717) is 0 Å². The van der Waals surface area contributed by atoms with Gasteiger partial charge in [-0.2, -0.15) is 30.3 Å². The van der Waals surface area contributed by atoms with E-state index in [1.807, 2.05) is 12.1 Å². The molecule has 0 aliphatic heterocycles. The predicted octanol–water partition coefficient (Wildman–Crippen LogP) is 0.979. The van der Waals surface area contributed by atoms with Crippen LogP contribution >= 0.6 is 0 Å². The Labute approximate surface area is 48.6 Å². The van der Waals surface area contributed by atoms with Gasteiger partial charge in [0.25, 0.3) is 0 Å². The van der Waals surface area contributed by atoms with E-state index in [-0.39, 0.29) is 6.61 Å². The summed E-state index contributed by atoms with van der Waals surface area (Å²) in [5.41, 5.74) is 0.934. The van der Waals surface area contributed by atoms with Crippen LogP contribution in [0.4, 0.5) is 0 Å². The number of aliphatic hydroxyl groups is 1. The molecular formula is C7H7NoO-. The summed E-state index contributed by atoms with van der Waals surface area (Å²) in [7, 11) is 0. The predicted molar refractivity (Wildman–Crippen MR) is 31.2 cm³/mol. The number of hydrogen-bond acceptors (Lipinski definition) is 1. The first-order valence-corrected chi connectivity index (χ1v) is 2.49. The van der Waals surface area contributed by atoms with Gasteiger partial charge in [0, 0.05) is 6.61 Å². The molecule has 0 aliphatic rings. The van der Waals surface area contributed by atoms with E-state index in [1.54, 1.807) is 12.1 Å². The number of benzene rings is 1. The minimum atomic E-state index is 0. The molecule has 0 heterocycles. The molecule has 1 aromatic rings. The molecule has 0 aromatic heterocycles. The van der Waals surface area contributed by atoms with E-state index in [2.05, 4.69) is 6.07 Å². The van der Waals surface area contributed by atoms with Crippen molar-refractivity contribution in [2.75, 3.05) is 0 Å². The van der Waals surface area contributed by atoms with Crippen molar-refractivity contribution in [2.24, 2.45) is 0 Å². The molecule has 2 heteroatoms. The fourth-order valence-electron chi connectivity index (χ4n) is 0.527. The molecule has 0 aliphatic carbocycles. The van der Waals surface area contributed by atoms with E-state index in [9.17, 15) is 0 Å². The van der Waals surface area contributed by atoms with E-state index in [1.165, 1.54) is 0 Å². The Morgan fingerprint density at radius 2 is 1.89 bits per heavy atom. The Balaban J connectivity index is 0.000000640. The third-order valence-corrected chi connectivity index (χ3v) is 0.970. The van der Waals surface area contributed by atoms with Crippen molar-refractivity contribution in [3.05, 3.63) is 35.9 Å². The maximum atomic E-state index is 8.52. The van der Waals surface area contributed by atoms with E-state index < -0.39 is 0 Å². The SMILES string of the molecule is OCc1cc[c-]cc1.[No]. The van der Waals surface area contributed by atoms with Gasteiger partial charge >= 0.3 is 0 Å². The largest absolute Gasteiger partial charge is 0.394 e. The molecule has 0 fully saturated rings. The van der Waals surface area contributed by atoms with E-state index in [4.69, 9.17) is 5.11 Å². The van der Waals surface area contributed by atoms with Crippen molar-refractivity contribution in [1.82, 2.24) is 0 Å². The molecule has 0 saturated heterocycles. The zero-order valence-electron chi connectivity index (χ0n) is 4.73. The standard InChI is InChI=1S/C7H7O.No/c8-6-7-4-2-1-3-5-7;/h2-5,8H,6H2;/q-1;. The maximum absolute atomic E-state index is 8.52. The molecule has 1 N–H and O–H groups in total. The average molecular weight is 366 g/mol. The second-order valence-electron chi connectivity index (χ2n) is 1.57. The molecule has 0 spiro atoms. The summed E-state index contributed by atoms with van der Waals surface area (Å²) in [6.07, 6.45) is 0. The van der Waals surface area contributed by atoms with Gasteiger partial charge < -0.3 is 5.11 Å². The van der Waals surface area contributed by atoms with Gasteiger partial charge in [-0.05, 0) is 0 Å². The summed E-state index contributed by atoms with van der Waals surface area (Å²) < 4.78 is 0. The first kappa shape index (κ1) is 7.18. The average Bonchev–Trinajstić information content (AvgIpc) is 1.90. The van der Waals surface area contributed by atoms with Crippen LogP contribution in [0.5, 0.6) is 0 Å². The Bertz CT molecular complexity index is 150. The van der Waals surface area contributed by atoms with Crippen molar-refractivity contribution < 1.29 is 5.11 Å². The molecule has 0 radical (unpaired) electrons. The summed E-state index contributed by atoms with van der Waals surface area (Å²) in [6.45, 7) is 0.120. The van der Waals surface area contributed by atoms with Crippen molar-refractivity contribution in [1.29, 1.82) is 0 Å². The monoisotopic (exact) mass is 366 g/mol. The fourth-order valence-corrected chi connectivity index (χ4v) is 0.527. The summed E-state index contributed by atoms with van der Waals surface area (Å²) >= 11 is 0. The zero-order chi connectivity index (χ0) is 5.82. The molecule has 56 valence electrons. The van der Waals surface area contributed by atoms with Gasteiger partial charge in [-0.1, -0.05) is 0 Å². The topological polar surface area (TPSA) is 20.2 Å². The third kappa shape index (κ3) is 1.61. The van der Waals surface area contributed by atoms with Crippen LogP contribution in [0.3, 0.4) is 0 Å². The van der Waals surface area contributed by atoms with Crippen molar-refractivity contribution in [2.45, 2.75) is 6.61 Å². The van der Waals surface area contributed by atoms with Gasteiger partial charge in [0.2, 0.25) is 0 Å². The Kier molecular flexibility index (Phi) is 2.57. The molecular weight excluding hydrogens is 359 g/mol. The Morgan fingerprint density at radius 3 is 2.22 bits per heavy atom. The summed E-state index contributed by atoms with van der Waals surface area (Å²) in [4.78, 5) is 0. The Hall–Kier alpha value is -1.82. The summed E-state index contributed by atoms with van der Waals surface area (Å²) in [5.74, 6) is 0. The number of aliphatic hydroxyl groups excluding tert-OH is 1. The smallest absolute Gasteiger partial charge is 0.0461 e. The van der Waals surface area contributed by atoms with Crippen LogP contribution in [-0.2, 0) is 6.61 Å². The van der Waals surface area contributed by atoms with Crippen LogP contribution in [0, 0.1) is 6.07 Å². The Morgan fingerprint density at radius 1 is 1.33 bits per heavy atom. The first-order valence-electron chi connectivity index (χ1n) is 2.49. The van der Waals surface area contributed by atoms with Gasteiger partial charge in [-0.3, -0.25) is 0 Å². The molecule has 0 atom stereocenters. The van der Waals surface area contributed by atoms with Gasteiger partial charge in [-0.15, -0.1) is 5.56 Å². The van der Waals surface area contributed by atoms with Crippen LogP contribution in [0.25, 0.3) is 0 Å². The molecule has 0 bridgehead atoms. The van der Waals surface area contributed by atoms with Crippen molar-refractivity contribution >= 4 is 0 Å². The van der Waals surface area contributed by atoms with Gasteiger partial charge in [0.05, 0.1) is 0 Å². The second-order valence-corrected chi connectivity index (χ2v) is 1.57. The quantitative estimate of drug-likeness (QED) is 0.735. The maximum Gasteiger partial charge on any atom is 0.0461 e. The van der Waals surface area contributed by atoms with Crippen LogP contribution in [0.2, 0.25) is 0 Å².